The van der Waals surface area contributed by atoms with Gasteiger partial charge in [-0.3, -0.25) is 4.79 Å². The third-order valence-electron chi connectivity index (χ3n) is 3.50. The summed E-state index contributed by atoms with van der Waals surface area (Å²) in [4.78, 5) is 13.9. The van der Waals surface area contributed by atoms with Crippen molar-refractivity contribution in [2.75, 3.05) is 32.7 Å². The zero-order valence-electron chi connectivity index (χ0n) is 12.4. The van der Waals surface area contributed by atoms with E-state index >= 15 is 0 Å². The molecule has 116 valence electrons. The van der Waals surface area contributed by atoms with E-state index < -0.39 is 0 Å². The van der Waals surface area contributed by atoms with Gasteiger partial charge in [0.1, 0.15) is 17.4 Å². The summed E-state index contributed by atoms with van der Waals surface area (Å²) in [6.45, 7) is 3.40. The summed E-state index contributed by atoms with van der Waals surface area (Å²) in [6, 6.07) is 8.93. The minimum atomic E-state index is -0.221. The van der Waals surface area contributed by atoms with Crippen LogP contribution in [0.5, 0.6) is 5.75 Å². The van der Waals surface area contributed by atoms with Gasteiger partial charge in [-0.15, -0.1) is 0 Å². The molecule has 0 aliphatic carbocycles. The maximum absolute atomic E-state index is 12.2. The fourth-order valence-electron chi connectivity index (χ4n) is 2.23. The molecule has 1 amide bonds. The number of rotatable bonds is 5. The number of benzene rings is 1. The zero-order chi connectivity index (χ0) is 15.8. The summed E-state index contributed by atoms with van der Waals surface area (Å²) < 4.78 is 0. The van der Waals surface area contributed by atoms with Crippen LogP contribution in [0, 0.1) is 11.3 Å². The first-order chi connectivity index (χ1) is 10.7. The Bertz CT molecular complexity index is 569. The van der Waals surface area contributed by atoms with Gasteiger partial charge in [0.15, 0.2) is 0 Å². The van der Waals surface area contributed by atoms with Crippen molar-refractivity contribution in [1.29, 1.82) is 5.26 Å². The highest BCUT2D eigenvalue weighted by atomic mass is 16.3. The van der Waals surface area contributed by atoms with E-state index in [1.807, 2.05) is 18.2 Å². The molecule has 3 N–H and O–H groups in total. The van der Waals surface area contributed by atoms with Gasteiger partial charge in [0.05, 0.1) is 0 Å². The largest absolute Gasteiger partial charge is 0.508 e. The van der Waals surface area contributed by atoms with Crippen molar-refractivity contribution in [3.05, 3.63) is 41.6 Å². The third-order valence-corrected chi connectivity index (χ3v) is 3.50. The number of phenols is 1. The number of phenolic OH excluding ortho intramolecular Hbond substituents is 1. The van der Waals surface area contributed by atoms with Gasteiger partial charge in [-0.1, -0.05) is 12.1 Å². The Balaban J connectivity index is 1.83. The molecule has 1 aliphatic heterocycles. The van der Waals surface area contributed by atoms with Gasteiger partial charge in [0.25, 0.3) is 5.91 Å². The molecule has 1 aromatic carbocycles. The molecule has 0 aromatic heterocycles. The molecule has 22 heavy (non-hydrogen) atoms. The summed E-state index contributed by atoms with van der Waals surface area (Å²) in [6.07, 6.45) is 2.24. The summed E-state index contributed by atoms with van der Waals surface area (Å²) in [7, 11) is 0. The molecule has 1 heterocycles. The fraction of sp³-hybridized carbons (Fsp3) is 0.375. The molecule has 1 aromatic rings. The molecule has 0 atom stereocenters. The summed E-state index contributed by atoms with van der Waals surface area (Å²) in [5.41, 5.74) is 1.21. The number of amides is 1. The summed E-state index contributed by atoms with van der Waals surface area (Å²) in [5, 5.41) is 24.5. The first-order valence-electron chi connectivity index (χ1n) is 7.32. The monoisotopic (exact) mass is 300 g/mol. The summed E-state index contributed by atoms with van der Waals surface area (Å²) in [5.74, 6) is 0.0196. The normalized spacial score (nSPS) is 15.2. The Hall–Kier alpha value is -2.52. The minimum Gasteiger partial charge on any atom is -0.508 e. The van der Waals surface area contributed by atoms with E-state index in [4.69, 9.17) is 5.26 Å². The van der Waals surface area contributed by atoms with E-state index in [2.05, 4.69) is 10.6 Å². The highest BCUT2D eigenvalue weighted by molar-refractivity contribution is 5.97. The molecule has 0 saturated carbocycles. The number of hydrogen-bond acceptors (Lipinski definition) is 5. The lowest BCUT2D eigenvalue weighted by molar-refractivity contribution is -0.127. The standard InChI is InChI=1S/C16H20N4O2/c17-11-14(16(22)20-9-7-18-8-10-20)12-19-6-5-13-1-3-15(21)4-2-13/h1-4,12,18-19,21H,5-10H2/b14-12-. The number of piperazine rings is 1. The van der Waals surface area contributed by atoms with E-state index in [1.165, 1.54) is 6.20 Å². The number of nitrogens with zero attached hydrogens (tertiary/aromatic N) is 2. The van der Waals surface area contributed by atoms with Crippen molar-refractivity contribution in [1.82, 2.24) is 15.5 Å². The molecule has 1 fully saturated rings. The van der Waals surface area contributed by atoms with Crippen LogP contribution in [0.25, 0.3) is 0 Å². The molecule has 0 unspecified atom stereocenters. The van der Waals surface area contributed by atoms with Crippen molar-refractivity contribution in [3.63, 3.8) is 0 Å². The van der Waals surface area contributed by atoms with Crippen LogP contribution in [0.4, 0.5) is 0 Å². The van der Waals surface area contributed by atoms with E-state index in [1.54, 1.807) is 17.0 Å². The van der Waals surface area contributed by atoms with Crippen LogP contribution in [-0.4, -0.2) is 48.6 Å². The molecule has 1 aliphatic rings. The Morgan fingerprint density at radius 3 is 2.68 bits per heavy atom. The van der Waals surface area contributed by atoms with Gasteiger partial charge in [-0.05, 0) is 24.1 Å². The smallest absolute Gasteiger partial charge is 0.266 e. The Morgan fingerprint density at radius 2 is 2.05 bits per heavy atom. The van der Waals surface area contributed by atoms with Crippen molar-refractivity contribution in [3.8, 4) is 11.8 Å². The van der Waals surface area contributed by atoms with E-state index in [0.717, 1.165) is 25.1 Å². The van der Waals surface area contributed by atoms with Crippen LogP contribution in [0.1, 0.15) is 5.56 Å². The highest BCUT2D eigenvalue weighted by Gasteiger charge is 2.19. The third kappa shape index (κ3) is 4.50. The van der Waals surface area contributed by atoms with Crippen LogP contribution in [0.3, 0.4) is 0 Å². The van der Waals surface area contributed by atoms with Crippen molar-refractivity contribution < 1.29 is 9.90 Å². The number of nitriles is 1. The Labute approximate surface area is 130 Å². The second kappa shape index (κ2) is 8.05. The maximum Gasteiger partial charge on any atom is 0.266 e. The van der Waals surface area contributed by atoms with Gasteiger partial charge < -0.3 is 20.6 Å². The zero-order valence-corrected chi connectivity index (χ0v) is 12.4. The quantitative estimate of drug-likeness (QED) is 0.415. The molecule has 1 saturated heterocycles. The van der Waals surface area contributed by atoms with E-state index in [0.29, 0.717) is 19.6 Å². The number of hydrogen-bond donors (Lipinski definition) is 3. The average Bonchev–Trinajstić information content (AvgIpc) is 2.57. The van der Waals surface area contributed by atoms with E-state index in [-0.39, 0.29) is 17.2 Å². The van der Waals surface area contributed by atoms with Crippen LogP contribution >= 0.6 is 0 Å². The predicted molar refractivity (Wildman–Crippen MR) is 83.0 cm³/mol. The second-order valence-corrected chi connectivity index (χ2v) is 5.08. The number of nitrogens with one attached hydrogen (secondary N) is 2. The molecular formula is C16H20N4O2. The average molecular weight is 300 g/mol. The van der Waals surface area contributed by atoms with Crippen molar-refractivity contribution in [2.24, 2.45) is 0 Å². The molecule has 2 rings (SSSR count). The Kier molecular flexibility index (Phi) is 5.81. The van der Waals surface area contributed by atoms with Gasteiger partial charge in [-0.25, -0.2) is 0 Å². The van der Waals surface area contributed by atoms with Crippen LogP contribution in [0.2, 0.25) is 0 Å². The van der Waals surface area contributed by atoms with Gasteiger partial charge in [0.2, 0.25) is 0 Å². The van der Waals surface area contributed by atoms with Crippen LogP contribution < -0.4 is 10.6 Å². The lowest BCUT2D eigenvalue weighted by Gasteiger charge is -2.27. The lowest BCUT2D eigenvalue weighted by Crippen LogP contribution is -2.46. The van der Waals surface area contributed by atoms with Gasteiger partial charge in [-0.2, -0.15) is 5.26 Å². The minimum absolute atomic E-state index is 0.132. The molecule has 0 bridgehead atoms. The first-order valence-corrected chi connectivity index (χ1v) is 7.32. The number of aromatic hydroxyl groups is 1. The van der Waals surface area contributed by atoms with Crippen molar-refractivity contribution >= 4 is 5.91 Å². The molecule has 6 nitrogen and oxygen atoms in total. The maximum atomic E-state index is 12.2. The van der Waals surface area contributed by atoms with Crippen LogP contribution in [-0.2, 0) is 11.2 Å². The van der Waals surface area contributed by atoms with E-state index in [9.17, 15) is 9.90 Å². The van der Waals surface area contributed by atoms with Crippen molar-refractivity contribution in [2.45, 2.75) is 6.42 Å². The van der Waals surface area contributed by atoms with Crippen LogP contribution in [0.15, 0.2) is 36.0 Å². The van der Waals surface area contributed by atoms with Gasteiger partial charge >= 0.3 is 0 Å². The molecule has 0 radical (unpaired) electrons. The van der Waals surface area contributed by atoms with Gasteiger partial charge in [0, 0.05) is 38.9 Å². The predicted octanol–water partition coefficient (Wildman–Crippen LogP) is 0.364. The number of carbonyl (C=O) groups excluding carboxylic acids is 1. The number of carbonyl (C=O) groups is 1. The molecular weight excluding hydrogens is 280 g/mol. The topological polar surface area (TPSA) is 88.4 Å². The second-order valence-electron chi connectivity index (χ2n) is 5.08. The first kappa shape index (κ1) is 15.9. The lowest BCUT2D eigenvalue weighted by atomic mass is 10.1. The SMILES string of the molecule is N#C/C(=C/NCCc1ccc(O)cc1)C(=O)N1CCNCC1. The molecule has 6 heteroatoms. The summed E-state index contributed by atoms with van der Waals surface area (Å²) >= 11 is 0. The fourth-order valence-corrected chi connectivity index (χ4v) is 2.23. The molecule has 0 spiro atoms. The Morgan fingerprint density at radius 1 is 1.36 bits per heavy atom. The highest BCUT2D eigenvalue weighted by Crippen LogP contribution is 2.09.